The van der Waals surface area contributed by atoms with E-state index in [1.165, 1.54) is 16.7 Å². The van der Waals surface area contributed by atoms with E-state index in [9.17, 15) is 9.59 Å². The predicted molar refractivity (Wildman–Crippen MR) is 125 cm³/mol. The molecule has 1 heterocycles. The Morgan fingerprint density at radius 1 is 0.903 bits per heavy atom. The van der Waals surface area contributed by atoms with Crippen LogP contribution in [0.1, 0.15) is 35.7 Å². The summed E-state index contributed by atoms with van der Waals surface area (Å²) < 4.78 is 0. The molecule has 0 saturated carbocycles. The van der Waals surface area contributed by atoms with Crippen LogP contribution in [0.2, 0.25) is 0 Å². The molecule has 0 radical (unpaired) electrons. The van der Waals surface area contributed by atoms with Crippen molar-refractivity contribution < 1.29 is 9.59 Å². The van der Waals surface area contributed by atoms with Crippen molar-refractivity contribution in [3.63, 3.8) is 0 Å². The summed E-state index contributed by atoms with van der Waals surface area (Å²) in [6.07, 6.45) is 5.97. The highest BCUT2D eigenvalue weighted by atomic mass is 16.2. The van der Waals surface area contributed by atoms with Crippen LogP contribution in [-0.2, 0) is 11.2 Å². The summed E-state index contributed by atoms with van der Waals surface area (Å²) in [5, 5.41) is 0. The maximum Gasteiger partial charge on any atom is 0.237 e. The first-order valence-electron chi connectivity index (χ1n) is 10.9. The number of carbonyl (C=O) groups excluding carboxylic acids is 2. The maximum atomic E-state index is 13.1. The number of nitrogens with zero attached hydrogens (tertiary/aromatic N) is 1. The molecule has 1 amide bonds. The van der Waals surface area contributed by atoms with Crippen molar-refractivity contribution >= 4 is 11.7 Å². The third kappa shape index (κ3) is 4.66. The number of rotatable bonds is 7. The standard InChI is InChI=1S/C28H27NO2/c1-2-3-18-29-25(20-26(28(29)31)27(30)24-12-8-5-9-13-24)19-21-14-16-23(17-15-21)22-10-6-4-7-11-22/h3-18,25-26H,2,19-20H2,1H3/t25?,26-/m0/s1. The van der Waals surface area contributed by atoms with Crippen LogP contribution in [-0.4, -0.2) is 22.6 Å². The molecule has 1 aliphatic heterocycles. The summed E-state index contributed by atoms with van der Waals surface area (Å²) in [6.45, 7) is 2.04. The van der Waals surface area contributed by atoms with E-state index in [1.807, 2.05) is 55.6 Å². The molecule has 0 aromatic heterocycles. The summed E-state index contributed by atoms with van der Waals surface area (Å²) in [7, 11) is 0. The van der Waals surface area contributed by atoms with Crippen LogP contribution in [0, 0.1) is 5.92 Å². The molecular weight excluding hydrogens is 382 g/mol. The van der Waals surface area contributed by atoms with Crippen LogP contribution in [0.15, 0.2) is 97.2 Å². The van der Waals surface area contributed by atoms with E-state index in [-0.39, 0.29) is 17.7 Å². The van der Waals surface area contributed by atoms with Crippen LogP contribution < -0.4 is 0 Å². The van der Waals surface area contributed by atoms with Gasteiger partial charge in [-0.25, -0.2) is 0 Å². The van der Waals surface area contributed by atoms with Crippen LogP contribution in [0.4, 0.5) is 0 Å². The van der Waals surface area contributed by atoms with Crippen LogP contribution in [0.5, 0.6) is 0 Å². The number of ketones is 1. The van der Waals surface area contributed by atoms with E-state index < -0.39 is 5.92 Å². The lowest BCUT2D eigenvalue weighted by molar-refractivity contribution is -0.128. The molecule has 0 bridgehead atoms. The van der Waals surface area contributed by atoms with Gasteiger partial charge in [0.2, 0.25) is 5.91 Å². The first kappa shape index (κ1) is 20.8. The van der Waals surface area contributed by atoms with Gasteiger partial charge in [0.1, 0.15) is 5.92 Å². The Kier molecular flexibility index (Phi) is 6.42. The number of carbonyl (C=O) groups is 2. The Morgan fingerprint density at radius 2 is 1.52 bits per heavy atom. The van der Waals surface area contributed by atoms with Gasteiger partial charge in [-0.15, -0.1) is 0 Å². The zero-order valence-electron chi connectivity index (χ0n) is 17.8. The molecule has 1 saturated heterocycles. The number of hydrogen-bond acceptors (Lipinski definition) is 2. The molecule has 4 rings (SSSR count). The van der Waals surface area contributed by atoms with E-state index in [0.717, 1.165) is 12.8 Å². The maximum absolute atomic E-state index is 13.1. The van der Waals surface area contributed by atoms with Crippen molar-refractivity contribution in [2.75, 3.05) is 0 Å². The molecule has 1 fully saturated rings. The van der Waals surface area contributed by atoms with Gasteiger partial charge in [0.05, 0.1) is 0 Å². The minimum Gasteiger partial charge on any atom is -0.315 e. The van der Waals surface area contributed by atoms with Gasteiger partial charge >= 0.3 is 0 Å². The molecule has 3 aromatic carbocycles. The molecule has 156 valence electrons. The predicted octanol–water partition coefficient (Wildman–Crippen LogP) is 5.92. The molecule has 3 aromatic rings. The lowest BCUT2D eigenvalue weighted by Gasteiger charge is -2.21. The lowest BCUT2D eigenvalue weighted by atomic mass is 9.92. The highest BCUT2D eigenvalue weighted by Crippen LogP contribution is 2.31. The number of benzene rings is 3. The summed E-state index contributed by atoms with van der Waals surface area (Å²) in [4.78, 5) is 27.9. The normalized spacial score (nSPS) is 18.6. The fourth-order valence-electron chi connectivity index (χ4n) is 4.20. The third-order valence-electron chi connectivity index (χ3n) is 5.86. The molecular formula is C28H27NO2. The van der Waals surface area contributed by atoms with Crippen molar-refractivity contribution in [3.05, 3.63) is 108 Å². The molecule has 0 aliphatic carbocycles. The van der Waals surface area contributed by atoms with E-state index >= 15 is 0 Å². The fourth-order valence-corrected chi connectivity index (χ4v) is 4.20. The first-order chi connectivity index (χ1) is 15.2. The molecule has 0 spiro atoms. The molecule has 2 atom stereocenters. The Bertz CT molecular complexity index is 1060. The zero-order valence-corrected chi connectivity index (χ0v) is 17.8. The zero-order chi connectivity index (χ0) is 21.6. The molecule has 1 unspecified atom stereocenters. The summed E-state index contributed by atoms with van der Waals surface area (Å²) in [5.41, 5.74) is 4.13. The van der Waals surface area contributed by atoms with E-state index in [0.29, 0.717) is 12.0 Å². The lowest BCUT2D eigenvalue weighted by Crippen LogP contribution is -2.31. The number of amides is 1. The van der Waals surface area contributed by atoms with Gasteiger partial charge < -0.3 is 4.90 Å². The van der Waals surface area contributed by atoms with Crippen LogP contribution in [0.25, 0.3) is 11.1 Å². The smallest absolute Gasteiger partial charge is 0.237 e. The topological polar surface area (TPSA) is 37.4 Å². The highest BCUT2D eigenvalue weighted by Gasteiger charge is 2.42. The van der Waals surface area contributed by atoms with Crippen molar-refractivity contribution in [1.82, 2.24) is 4.90 Å². The van der Waals surface area contributed by atoms with Crippen LogP contribution in [0.3, 0.4) is 0 Å². The second-order valence-electron chi connectivity index (χ2n) is 7.98. The SMILES string of the molecule is CCC=CN1C(=O)[C@H](C(=O)c2ccccc2)CC1Cc1ccc(-c2ccccc2)cc1. The Balaban J connectivity index is 1.53. The van der Waals surface area contributed by atoms with Gasteiger partial charge in [0, 0.05) is 17.8 Å². The van der Waals surface area contributed by atoms with Gasteiger partial charge in [0.25, 0.3) is 0 Å². The van der Waals surface area contributed by atoms with Crippen molar-refractivity contribution in [1.29, 1.82) is 0 Å². The average molecular weight is 410 g/mol. The summed E-state index contributed by atoms with van der Waals surface area (Å²) >= 11 is 0. The Labute approximate surface area is 184 Å². The van der Waals surface area contributed by atoms with E-state index in [1.54, 1.807) is 17.0 Å². The number of Topliss-reactive ketones (excluding diaryl/α,β-unsaturated/α-hetero) is 1. The Hall–Kier alpha value is -3.46. The minimum absolute atomic E-state index is 0.0180. The number of likely N-dealkylation sites (tertiary alicyclic amines) is 1. The van der Waals surface area contributed by atoms with E-state index in [4.69, 9.17) is 0 Å². The van der Waals surface area contributed by atoms with Crippen molar-refractivity contribution in [3.8, 4) is 11.1 Å². The summed E-state index contributed by atoms with van der Waals surface area (Å²) in [6, 6.07) is 27.9. The van der Waals surface area contributed by atoms with Crippen molar-refractivity contribution in [2.24, 2.45) is 5.92 Å². The van der Waals surface area contributed by atoms with Crippen molar-refractivity contribution in [2.45, 2.75) is 32.2 Å². The van der Waals surface area contributed by atoms with Gasteiger partial charge in [-0.3, -0.25) is 9.59 Å². The van der Waals surface area contributed by atoms with Gasteiger partial charge in [-0.1, -0.05) is 97.9 Å². The number of hydrogen-bond donors (Lipinski definition) is 0. The average Bonchev–Trinajstić information content (AvgIpc) is 3.13. The molecule has 3 nitrogen and oxygen atoms in total. The Morgan fingerprint density at radius 3 is 2.16 bits per heavy atom. The van der Waals surface area contributed by atoms with Gasteiger partial charge in [0.15, 0.2) is 5.78 Å². The highest BCUT2D eigenvalue weighted by molar-refractivity contribution is 6.11. The van der Waals surface area contributed by atoms with Gasteiger partial charge in [-0.05, 0) is 36.0 Å². The fraction of sp³-hybridized carbons (Fsp3) is 0.214. The van der Waals surface area contributed by atoms with E-state index in [2.05, 4.69) is 36.4 Å². The molecule has 0 N–H and O–H groups in total. The quantitative estimate of drug-likeness (QED) is 0.359. The second-order valence-corrected chi connectivity index (χ2v) is 7.98. The first-order valence-corrected chi connectivity index (χ1v) is 10.9. The minimum atomic E-state index is -0.613. The largest absolute Gasteiger partial charge is 0.315 e. The molecule has 1 aliphatic rings. The van der Waals surface area contributed by atoms with Crippen LogP contribution >= 0.6 is 0 Å². The molecule has 3 heteroatoms. The number of allylic oxidation sites excluding steroid dienone is 1. The van der Waals surface area contributed by atoms with Gasteiger partial charge in [-0.2, -0.15) is 0 Å². The summed E-state index contributed by atoms with van der Waals surface area (Å²) in [5.74, 6) is -0.788. The second kappa shape index (κ2) is 9.57. The molecule has 31 heavy (non-hydrogen) atoms. The monoisotopic (exact) mass is 409 g/mol. The third-order valence-corrected chi connectivity index (χ3v) is 5.86.